The lowest BCUT2D eigenvalue weighted by atomic mass is 10.1. The third-order valence-corrected chi connectivity index (χ3v) is 4.79. The molecule has 0 radical (unpaired) electrons. The van der Waals surface area contributed by atoms with Crippen molar-refractivity contribution in [1.29, 1.82) is 0 Å². The molecule has 6 heteroatoms. The maximum Gasteiger partial charge on any atom is 0.260 e. The van der Waals surface area contributed by atoms with Crippen molar-refractivity contribution in [3.63, 3.8) is 0 Å². The lowest BCUT2D eigenvalue weighted by Crippen LogP contribution is -2.29. The number of nitrogens with one attached hydrogen (secondary N) is 1. The van der Waals surface area contributed by atoms with Crippen molar-refractivity contribution < 1.29 is 4.79 Å². The van der Waals surface area contributed by atoms with Gasteiger partial charge >= 0.3 is 0 Å². The molecule has 1 saturated heterocycles. The summed E-state index contributed by atoms with van der Waals surface area (Å²) in [6, 6.07) is 13.9. The monoisotopic (exact) mass is 361 g/mol. The fourth-order valence-electron chi connectivity index (χ4n) is 3.33. The molecule has 1 aliphatic heterocycles. The van der Waals surface area contributed by atoms with Crippen LogP contribution in [0.25, 0.3) is 0 Å². The number of hydrogen-bond donors (Lipinski definition) is 1. The normalized spacial score (nSPS) is 14.1. The number of nitrogens with zero attached hydrogens (tertiary/aromatic N) is 4. The molecule has 1 aliphatic rings. The number of carbonyl (C=O) groups is 1. The van der Waals surface area contributed by atoms with Gasteiger partial charge in [-0.2, -0.15) is 5.10 Å². The minimum Gasteiger partial charge on any atom is -0.370 e. The van der Waals surface area contributed by atoms with Gasteiger partial charge in [0.05, 0.1) is 30.2 Å². The number of aromatic nitrogens is 3. The Hall–Kier alpha value is -3.15. The molecule has 4 rings (SSSR count). The van der Waals surface area contributed by atoms with Crippen LogP contribution in [0.5, 0.6) is 0 Å². The molecule has 3 aromatic rings. The standard InChI is InChI=1S/C21H23N5O/c27-21(18-13-23-26(16-18)15-17-7-3-1-4-8-17)24-20-10-9-19(14-22-20)25-11-5-2-6-12-25/h1,3-4,7-10,13-14,16H,2,5-6,11-12,15H2,(H,22,24,27). The molecule has 0 saturated carbocycles. The number of amides is 1. The van der Waals surface area contributed by atoms with E-state index in [2.05, 4.69) is 20.3 Å². The Morgan fingerprint density at radius 1 is 1.00 bits per heavy atom. The fraction of sp³-hybridized carbons (Fsp3) is 0.286. The fourth-order valence-corrected chi connectivity index (χ4v) is 3.33. The van der Waals surface area contributed by atoms with E-state index in [1.54, 1.807) is 17.1 Å². The van der Waals surface area contributed by atoms with Crippen LogP contribution < -0.4 is 10.2 Å². The Kier molecular flexibility index (Phi) is 5.14. The van der Waals surface area contributed by atoms with E-state index in [1.807, 2.05) is 48.7 Å². The number of anilines is 2. The average Bonchev–Trinajstić information content (AvgIpc) is 3.19. The molecule has 1 N–H and O–H groups in total. The van der Waals surface area contributed by atoms with Crippen LogP contribution in [0.15, 0.2) is 61.1 Å². The number of carbonyl (C=O) groups excluding carboxylic acids is 1. The van der Waals surface area contributed by atoms with Crippen LogP contribution >= 0.6 is 0 Å². The van der Waals surface area contributed by atoms with E-state index in [9.17, 15) is 4.79 Å². The van der Waals surface area contributed by atoms with Crippen molar-refractivity contribution in [2.75, 3.05) is 23.3 Å². The number of benzene rings is 1. The predicted octanol–water partition coefficient (Wildman–Crippen LogP) is 3.57. The minimum atomic E-state index is -0.201. The highest BCUT2D eigenvalue weighted by molar-refractivity contribution is 6.03. The van der Waals surface area contributed by atoms with Gasteiger partial charge in [-0.05, 0) is 37.0 Å². The lowest BCUT2D eigenvalue weighted by Gasteiger charge is -2.28. The van der Waals surface area contributed by atoms with Crippen LogP contribution in [0.3, 0.4) is 0 Å². The van der Waals surface area contributed by atoms with Crippen molar-refractivity contribution >= 4 is 17.4 Å². The zero-order valence-electron chi connectivity index (χ0n) is 15.2. The Morgan fingerprint density at radius 3 is 2.56 bits per heavy atom. The van der Waals surface area contributed by atoms with Crippen molar-refractivity contribution in [3.05, 3.63) is 72.2 Å². The first-order chi connectivity index (χ1) is 13.3. The third kappa shape index (κ3) is 4.34. The number of pyridine rings is 1. The molecule has 1 aromatic carbocycles. The Balaban J connectivity index is 1.37. The number of piperidine rings is 1. The quantitative estimate of drug-likeness (QED) is 0.755. The molecule has 27 heavy (non-hydrogen) atoms. The van der Waals surface area contributed by atoms with Crippen LogP contribution in [0, 0.1) is 0 Å². The zero-order chi connectivity index (χ0) is 18.5. The minimum absolute atomic E-state index is 0.201. The van der Waals surface area contributed by atoms with E-state index in [4.69, 9.17) is 0 Å². The zero-order valence-corrected chi connectivity index (χ0v) is 15.2. The molecule has 0 bridgehead atoms. The van der Waals surface area contributed by atoms with Gasteiger partial charge in [-0.25, -0.2) is 4.98 Å². The van der Waals surface area contributed by atoms with Gasteiger partial charge in [-0.1, -0.05) is 30.3 Å². The van der Waals surface area contributed by atoms with Gasteiger partial charge in [-0.15, -0.1) is 0 Å². The SMILES string of the molecule is O=C(Nc1ccc(N2CCCCC2)cn1)c1cnn(Cc2ccccc2)c1. The second-order valence-corrected chi connectivity index (χ2v) is 6.82. The molecule has 1 fully saturated rings. The molecular weight excluding hydrogens is 338 g/mol. The topological polar surface area (TPSA) is 63.1 Å². The summed E-state index contributed by atoms with van der Waals surface area (Å²) in [4.78, 5) is 19.2. The molecule has 2 aromatic heterocycles. The second-order valence-electron chi connectivity index (χ2n) is 6.82. The van der Waals surface area contributed by atoms with E-state index >= 15 is 0 Å². The number of rotatable bonds is 5. The van der Waals surface area contributed by atoms with Crippen LogP contribution in [0.4, 0.5) is 11.5 Å². The first-order valence-electron chi connectivity index (χ1n) is 9.37. The molecule has 3 heterocycles. The Morgan fingerprint density at radius 2 is 1.81 bits per heavy atom. The van der Waals surface area contributed by atoms with E-state index in [-0.39, 0.29) is 5.91 Å². The van der Waals surface area contributed by atoms with Crippen LogP contribution in [0.2, 0.25) is 0 Å². The molecule has 0 spiro atoms. The first kappa shape index (κ1) is 17.3. The van der Waals surface area contributed by atoms with Crippen LogP contribution in [-0.4, -0.2) is 33.8 Å². The molecule has 138 valence electrons. The summed E-state index contributed by atoms with van der Waals surface area (Å²) in [5, 5.41) is 7.12. The van der Waals surface area contributed by atoms with Gasteiger partial charge in [0.15, 0.2) is 0 Å². The van der Waals surface area contributed by atoms with Gasteiger partial charge in [0.25, 0.3) is 5.91 Å². The molecule has 0 unspecified atom stereocenters. The van der Waals surface area contributed by atoms with Crippen molar-refractivity contribution in [2.45, 2.75) is 25.8 Å². The van der Waals surface area contributed by atoms with Crippen molar-refractivity contribution in [3.8, 4) is 0 Å². The molecule has 6 nitrogen and oxygen atoms in total. The highest BCUT2D eigenvalue weighted by Crippen LogP contribution is 2.20. The maximum atomic E-state index is 12.5. The van der Waals surface area contributed by atoms with Crippen LogP contribution in [-0.2, 0) is 6.54 Å². The van der Waals surface area contributed by atoms with Crippen molar-refractivity contribution in [2.24, 2.45) is 0 Å². The molecular formula is C21H23N5O. The van der Waals surface area contributed by atoms with Gasteiger partial charge in [0.1, 0.15) is 5.82 Å². The maximum absolute atomic E-state index is 12.5. The first-order valence-corrected chi connectivity index (χ1v) is 9.37. The van der Waals surface area contributed by atoms with Crippen molar-refractivity contribution in [1.82, 2.24) is 14.8 Å². The Labute approximate surface area is 158 Å². The van der Waals surface area contributed by atoms with Gasteiger partial charge in [-0.3, -0.25) is 9.48 Å². The summed E-state index contributed by atoms with van der Waals surface area (Å²) >= 11 is 0. The Bertz CT molecular complexity index is 882. The summed E-state index contributed by atoms with van der Waals surface area (Å²) < 4.78 is 1.76. The predicted molar refractivity (Wildman–Crippen MR) is 106 cm³/mol. The van der Waals surface area contributed by atoms with Gasteiger partial charge < -0.3 is 10.2 Å². The molecule has 0 aliphatic carbocycles. The second kappa shape index (κ2) is 8.03. The van der Waals surface area contributed by atoms with Crippen LogP contribution in [0.1, 0.15) is 35.2 Å². The third-order valence-electron chi connectivity index (χ3n) is 4.79. The van der Waals surface area contributed by atoms with Gasteiger partial charge in [0, 0.05) is 19.3 Å². The summed E-state index contributed by atoms with van der Waals surface area (Å²) in [6.45, 7) is 2.79. The van der Waals surface area contributed by atoms with E-state index in [1.165, 1.54) is 19.3 Å². The largest absolute Gasteiger partial charge is 0.370 e. The summed E-state index contributed by atoms with van der Waals surface area (Å²) in [6.07, 6.45) is 8.93. The summed E-state index contributed by atoms with van der Waals surface area (Å²) in [5.41, 5.74) is 2.78. The van der Waals surface area contributed by atoms with E-state index in [0.717, 1.165) is 24.3 Å². The van der Waals surface area contributed by atoms with E-state index in [0.29, 0.717) is 17.9 Å². The van der Waals surface area contributed by atoms with E-state index < -0.39 is 0 Å². The average molecular weight is 361 g/mol. The molecule has 0 atom stereocenters. The summed E-state index contributed by atoms with van der Waals surface area (Å²) in [7, 11) is 0. The highest BCUT2D eigenvalue weighted by atomic mass is 16.1. The highest BCUT2D eigenvalue weighted by Gasteiger charge is 2.13. The molecule has 1 amide bonds. The lowest BCUT2D eigenvalue weighted by molar-refractivity contribution is 0.102. The van der Waals surface area contributed by atoms with Gasteiger partial charge in [0.2, 0.25) is 0 Å². The summed E-state index contributed by atoms with van der Waals surface area (Å²) in [5.74, 6) is 0.351. The smallest absolute Gasteiger partial charge is 0.260 e. The number of hydrogen-bond acceptors (Lipinski definition) is 4.